The van der Waals surface area contributed by atoms with Gasteiger partial charge in [-0.05, 0) is 256 Å². The number of hydrogen-bond donors (Lipinski definition) is 0. The van der Waals surface area contributed by atoms with E-state index in [1.54, 1.807) is 0 Å². The Morgan fingerprint density at radius 1 is 0.173 bits per heavy atom. The first kappa shape index (κ1) is 57.9. The predicted molar refractivity (Wildman–Crippen MR) is 435 cm³/mol. The summed E-state index contributed by atoms with van der Waals surface area (Å²) in [6, 6.07) is 107. The molecule has 6 heteroatoms. The van der Waals surface area contributed by atoms with E-state index in [2.05, 4.69) is 289 Å². The highest BCUT2D eigenvalue weighted by molar-refractivity contribution is 6.30. The topological polar surface area (TPSA) is 77.3 Å². The van der Waals surface area contributed by atoms with E-state index in [4.69, 9.17) is 19.9 Å². The third-order valence-corrected chi connectivity index (χ3v) is 22.0. The van der Waals surface area contributed by atoms with Gasteiger partial charge in [0, 0.05) is 98.6 Å². The molecule has 478 valence electrons. The maximum atomic E-state index is 5.41. The molecule has 0 fully saturated rings. The van der Waals surface area contributed by atoms with Crippen LogP contribution < -0.4 is 0 Å². The van der Waals surface area contributed by atoms with E-state index in [-0.39, 0.29) is 0 Å². The summed E-state index contributed by atoms with van der Waals surface area (Å²) in [7, 11) is 0. The van der Waals surface area contributed by atoms with Crippen molar-refractivity contribution in [3.63, 3.8) is 0 Å². The number of fused-ring (bicyclic) bond motifs is 6. The third-order valence-electron chi connectivity index (χ3n) is 22.0. The van der Waals surface area contributed by atoms with Crippen molar-refractivity contribution in [2.24, 2.45) is 0 Å². The van der Waals surface area contributed by atoms with Crippen LogP contribution in [-0.4, -0.2) is 29.9 Å². The number of aromatic nitrogens is 6. The third kappa shape index (κ3) is 9.22. The summed E-state index contributed by atoms with van der Waals surface area (Å²) >= 11 is 0. The van der Waals surface area contributed by atoms with E-state index in [9.17, 15) is 0 Å². The number of nitrogens with zero attached hydrogens (tertiary/aromatic N) is 6. The molecule has 0 saturated carbocycles. The van der Waals surface area contributed by atoms with Crippen LogP contribution in [0.25, 0.3) is 230 Å². The van der Waals surface area contributed by atoms with Crippen molar-refractivity contribution in [2.75, 3.05) is 0 Å². The molecule has 0 amide bonds. The molecule has 104 heavy (non-hydrogen) atoms. The van der Waals surface area contributed by atoms with Gasteiger partial charge in [0.2, 0.25) is 0 Å². The molecule has 0 radical (unpaired) electrons. The molecule has 22 aromatic rings. The molecule has 0 aliphatic heterocycles. The van der Waals surface area contributed by atoms with E-state index < -0.39 is 0 Å². The van der Waals surface area contributed by atoms with Crippen molar-refractivity contribution < 1.29 is 0 Å². The van der Waals surface area contributed by atoms with Crippen molar-refractivity contribution in [3.05, 3.63) is 341 Å². The highest BCUT2D eigenvalue weighted by atomic mass is 14.7. The minimum Gasteiger partial charge on any atom is -0.264 e. The van der Waals surface area contributed by atoms with Gasteiger partial charge in [-0.3, -0.25) is 24.9 Å². The Morgan fingerprint density at radius 2 is 0.596 bits per heavy atom. The summed E-state index contributed by atoms with van der Waals surface area (Å²) in [6.07, 6.45) is 15.6. The Hall–Kier alpha value is -13.9. The van der Waals surface area contributed by atoms with E-state index in [1.807, 2.05) is 61.7 Å². The summed E-state index contributed by atoms with van der Waals surface area (Å²) in [5, 5.41) is 24.9. The number of benzene rings is 16. The quantitative estimate of drug-likeness (QED) is 0.134. The average molecular weight is 1320 g/mol. The van der Waals surface area contributed by atoms with Gasteiger partial charge in [0.25, 0.3) is 0 Å². The number of hydrogen-bond acceptors (Lipinski definition) is 6. The van der Waals surface area contributed by atoms with Crippen LogP contribution in [-0.2, 0) is 0 Å². The largest absolute Gasteiger partial charge is 0.264 e. The molecule has 6 nitrogen and oxygen atoms in total. The zero-order valence-corrected chi connectivity index (χ0v) is 56.0. The van der Waals surface area contributed by atoms with E-state index in [0.717, 1.165) is 138 Å². The van der Waals surface area contributed by atoms with Crippen molar-refractivity contribution in [3.8, 4) is 100 Å². The van der Waals surface area contributed by atoms with Crippen LogP contribution in [0.15, 0.2) is 341 Å². The predicted octanol–water partition coefficient (Wildman–Crippen LogP) is 25.8. The second kappa shape index (κ2) is 22.8. The van der Waals surface area contributed by atoms with Gasteiger partial charge in [-0.25, -0.2) is 4.98 Å². The van der Waals surface area contributed by atoms with Crippen LogP contribution >= 0.6 is 0 Å². The molecule has 0 spiro atoms. The standard InChI is InChI=1S/C98H56N6/c1-2-10-77-68(6-1)53-100-55-89(77)74-48-73(80-28-16-59-18-31-85-78(26-14-58-19-32-87(80)96(59)95(58)85)64-13-12-57-8-4-40-103-94(57)51-64)49-75(50-74)90-56-101-54-76-44-66(22-29-81(76)90)93-37-25-67-43-63(24-36-92(67)104-93)71-45-70(62-23-35-91-65(42-62)9-5-39-102-91)46-72(47-71)79-27-15-60-21-34-88-84(30-17-61-20-33-86(79)97(60)98(61)88)83-11-3-7-69-52-99-41-38-82(69)83/h1-56H. The van der Waals surface area contributed by atoms with E-state index >= 15 is 0 Å². The fourth-order valence-corrected chi connectivity index (χ4v) is 17.0. The van der Waals surface area contributed by atoms with Gasteiger partial charge in [0.1, 0.15) is 0 Å². The lowest BCUT2D eigenvalue weighted by atomic mass is 9.85. The second-order valence-electron chi connectivity index (χ2n) is 27.8. The van der Waals surface area contributed by atoms with Gasteiger partial charge in [-0.15, -0.1) is 0 Å². The Balaban J connectivity index is 0.641. The first-order valence-corrected chi connectivity index (χ1v) is 35.4. The summed E-state index contributed by atoms with van der Waals surface area (Å²) in [4.78, 5) is 29.1. The molecule has 22 rings (SSSR count). The monoisotopic (exact) mass is 1320 g/mol. The molecule has 16 aromatic carbocycles. The van der Waals surface area contributed by atoms with Crippen LogP contribution in [0.2, 0.25) is 0 Å². The smallest absolute Gasteiger partial charge is 0.0709 e. The van der Waals surface area contributed by atoms with E-state index in [0.29, 0.717) is 0 Å². The molecular weight excluding hydrogens is 1260 g/mol. The van der Waals surface area contributed by atoms with Crippen LogP contribution in [0.4, 0.5) is 0 Å². The minimum absolute atomic E-state index is 0.895. The van der Waals surface area contributed by atoms with Gasteiger partial charge in [0.15, 0.2) is 0 Å². The van der Waals surface area contributed by atoms with Gasteiger partial charge in [-0.1, -0.05) is 194 Å². The molecule has 0 unspecified atom stereocenters. The number of rotatable bonds is 9. The van der Waals surface area contributed by atoms with Crippen molar-refractivity contribution in [1.82, 2.24) is 29.9 Å². The highest BCUT2D eigenvalue weighted by Gasteiger charge is 2.22. The fraction of sp³-hybridized carbons (Fsp3) is 0. The molecule has 0 bridgehead atoms. The van der Waals surface area contributed by atoms with Crippen LogP contribution in [0.1, 0.15) is 0 Å². The van der Waals surface area contributed by atoms with Gasteiger partial charge in [0.05, 0.1) is 22.2 Å². The second-order valence-corrected chi connectivity index (χ2v) is 27.8. The normalized spacial score (nSPS) is 12.0. The van der Waals surface area contributed by atoms with Crippen molar-refractivity contribution >= 4 is 130 Å². The number of pyridine rings is 6. The molecular formula is C98H56N6. The Kier molecular flexibility index (Phi) is 12.7. The molecule has 6 heterocycles. The molecule has 6 aromatic heterocycles. The molecule has 0 atom stereocenters. The maximum absolute atomic E-state index is 5.41. The first-order valence-electron chi connectivity index (χ1n) is 35.4. The Morgan fingerprint density at radius 3 is 1.26 bits per heavy atom. The van der Waals surface area contributed by atoms with Crippen LogP contribution in [0.3, 0.4) is 0 Å². The van der Waals surface area contributed by atoms with Gasteiger partial charge >= 0.3 is 0 Å². The summed E-state index contributed by atoms with van der Waals surface area (Å²) in [5.41, 5.74) is 23.0. The Bertz CT molecular complexity index is 7370. The van der Waals surface area contributed by atoms with Crippen LogP contribution in [0.5, 0.6) is 0 Å². The summed E-state index contributed by atoms with van der Waals surface area (Å²) in [6.45, 7) is 0. The molecule has 0 aliphatic rings. The molecule has 0 N–H and O–H groups in total. The van der Waals surface area contributed by atoms with Gasteiger partial charge < -0.3 is 0 Å². The minimum atomic E-state index is 0.895. The van der Waals surface area contributed by atoms with E-state index in [1.165, 1.54) is 92.3 Å². The Labute approximate surface area is 596 Å². The fourth-order valence-electron chi connectivity index (χ4n) is 17.0. The zero-order valence-electron chi connectivity index (χ0n) is 56.0. The lowest BCUT2D eigenvalue weighted by Gasteiger charge is -2.18. The SMILES string of the molecule is c1cnc2ccc(-c3cc(-c4ccc5nc(-c6ccc7c(-c8cc(-c9cncc%10ccccc9%10)cc(-c9ccc%10ccc%11c(-c%12ccc%13cccnc%13c%12)ccc%12ccc9c%10c%12%11)c8)cncc7c6)ccc5c4)cc(-c4ccc5ccc6c(-c7cccc8cnccc78)ccc7ccc4c5c76)c3)cc2c1. The maximum Gasteiger partial charge on any atom is 0.0709 e. The highest BCUT2D eigenvalue weighted by Crippen LogP contribution is 2.48. The average Bonchev–Trinajstić information content (AvgIpc) is 0.725. The molecule has 0 aliphatic carbocycles. The van der Waals surface area contributed by atoms with Crippen LogP contribution in [0, 0.1) is 0 Å². The molecule has 0 saturated heterocycles. The zero-order chi connectivity index (χ0) is 68.1. The van der Waals surface area contributed by atoms with Crippen molar-refractivity contribution in [2.45, 2.75) is 0 Å². The summed E-state index contributed by atoms with van der Waals surface area (Å²) in [5.74, 6) is 0. The lowest BCUT2D eigenvalue weighted by Crippen LogP contribution is -1.92. The first-order chi connectivity index (χ1) is 51.5. The van der Waals surface area contributed by atoms with Gasteiger partial charge in [-0.2, -0.15) is 0 Å². The van der Waals surface area contributed by atoms with Crippen molar-refractivity contribution in [1.29, 1.82) is 0 Å². The lowest BCUT2D eigenvalue weighted by molar-refractivity contribution is 1.35. The summed E-state index contributed by atoms with van der Waals surface area (Å²) < 4.78 is 0.